The maximum atomic E-state index is 11.7. The lowest BCUT2D eigenvalue weighted by Gasteiger charge is -2.28. The molecule has 1 heterocycles. The molecule has 0 spiro atoms. The van der Waals surface area contributed by atoms with Crippen molar-refractivity contribution in [2.24, 2.45) is 0 Å². The minimum absolute atomic E-state index is 0.183. The normalized spacial score (nSPS) is 13.5. The van der Waals surface area contributed by atoms with E-state index in [0.717, 1.165) is 5.69 Å². The Bertz CT molecular complexity index is 568. The highest BCUT2D eigenvalue weighted by atomic mass is 28.2. The first-order valence-electron chi connectivity index (χ1n) is 8.27. The third kappa shape index (κ3) is 7.05. The molecule has 1 amide bonds. The van der Waals surface area contributed by atoms with Crippen LogP contribution in [0, 0.1) is 6.92 Å². The lowest BCUT2D eigenvalue weighted by molar-refractivity contribution is 0.0516. The monoisotopic (exact) mass is 356 g/mol. The number of oxazole rings is 1. The van der Waals surface area contributed by atoms with E-state index in [1.807, 2.05) is 41.5 Å². The summed E-state index contributed by atoms with van der Waals surface area (Å²) in [7, 11) is -0.726. The van der Waals surface area contributed by atoms with Crippen LogP contribution in [0.5, 0.6) is 0 Å². The minimum atomic E-state index is -0.726. The van der Waals surface area contributed by atoms with Crippen LogP contribution in [0.1, 0.15) is 72.7 Å². The first-order valence-corrected chi connectivity index (χ1v) is 9.56. The molecule has 24 heavy (non-hydrogen) atoms. The smallest absolute Gasteiger partial charge is 0.408 e. The van der Waals surface area contributed by atoms with Crippen molar-refractivity contribution < 1.29 is 18.4 Å². The molecule has 0 radical (unpaired) electrons. The van der Waals surface area contributed by atoms with Crippen molar-refractivity contribution in [3.8, 4) is 0 Å². The number of aromatic nitrogens is 1. The van der Waals surface area contributed by atoms with Crippen molar-refractivity contribution in [3.05, 3.63) is 17.3 Å². The van der Waals surface area contributed by atoms with E-state index in [1.54, 1.807) is 0 Å². The van der Waals surface area contributed by atoms with E-state index in [1.165, 1.54) is 0 Å². The average Bonchev–Trinajstić information content (AvgIpc) is 2.73. The van der Waals surface area contributed by atoms with Crippen molar-refractivity contribution in [1.29, 1.82) is 0 Å². The Morgan fingerprint density at radius 1 is 1.17 bits per heavy atom. The van der Waals surface area contributed by atoms with Crippen LogP contribution in [0.2, 0.25) is 5.04 Å². The zero-order chi connectivity index (χ0) is 18.8. The van der Waals surface area contributed by atoms with Crippen molar-refractivity contribution in [2.45, 2.75) is 85.1 Å². The molecule has 1 aromatic heterocycles. The Labute approximate surface area is 147 Å². The SMILES string of the molecule is Cc1nc(CNC(=O)OC(C)(C)C)oc1C(C)(C)O[SiH2]C(C)(C)C. The number of nitrogens with zero attached hydrogens (tertiary/aromatic N) is 1. The van der Waals surface area contributed by atoms with Gasteiger partial charge >= 0.3 is 6.09 Å². The number of alkyl carbamates (subject to hydrolysis) is 1. The summed E-state index contributed by atoms with van der Waals surface area (Å²) in [4.78, 5) is 16.1. The third-order valence-electron chi connectivity index (χ3n) is 3.04. The predicted octanol–water partition coefficient (Wildman–Crippen LogP) is 3.56. The fourth-order valence-electron chi connectivity index (χ4n) is 2.01. The van der Waals surface area contributed by atoms with Crippen LogP contribution in [0.15, 0.2) is 4.42 Å². The molecule has 0 aliphatic heterocycles. The topological polar surface area (TPSA) is 73.6 Å². The van der Waals surface area contributed by atoms with Crippen molar-refractivity contribution in [1.82, 2.24) is 10.3 Å². The van der Waals surface area contributed by atoms with E-state index in [2.05, 4.69) is 31.1 Å². The first kappa shape index (κ1) is 20.7. The summed E-state index contributed by atoms with van der Waals surface area (Å²) >= 11 is 0. The number of hydrogen-bond donors (Lipinski definition) is 1. The van der Waals surface area contributed by atoms with Crippen molar-refractivity contribution in [2.75, 3.05) is 0 Å². The van der Waals surface area contributed by atoms with Gasteiger partial charge in [0, 0.05) is 0 Å². The summed E-state index contributed by atoms with van der Waals surface area (Å²) < 4.78 is 17.2. The molecule has 0 aromatic carbocycles. The summed E-state index contributed by atoms with van der Waals surface area (Å²) in [6.45, 7) is 18.0. The van der Waals surface area contributed by atoms with Gasteiger partial charge in [0.1, 0.15) is 11.2 Å². The summed E-state index contributed by atoms with van der Waals surface area (Å²) in [5, 5.41) is 2.85. The molecule has 1 aromatic rings. The number of carbonyl (C=O) groups excluding carboxylic acids is 1. The lowest BCUT2D eigenvalue weighted by Crippen LogP contribution is -2.32. The molecule has 1 rings (SSSR count). The number of carbonyl (C=O) groups is 1. The Morgan fingerprint density at radius 2 is 1.75 bits per heavy atom. The van der Waals surface area contributed by atoms with Gasteiger partial charge in [0.05, 0.1) is 12.2 Å². The van der Waals surface area contributed by atoms with Gasteiger partial charge in [-0.2, -0.15) is 0 Å². The number of ether oxygens (including phenoxy) is 1. The molecule has 138 valence electrons. The van der Waals surface area contributed by atoms with Crippen LogP contribution >= 0.6 is 0 Å². The fraction of sp³-hybridized carbons (Fsp3) is 0.765. The molecule has 0 atom stereocenters. The van der Waals surface area contributed by atoms with E-state index in [4.69, 9.17) is 13.6 Å². The second kappa shape index (κ2) is 7.27. The quantitative estimate of drug-likeness (QED) is 0.817. The largest absolute Gasteiger partial charge is 0.444 e. The van der Waals surface area contributed by atoms with Crippen LogP contribution < -0.4 is 5.32 Å². The fourth-order valence-corrected chi connectivity index (χ4v) is 2.94. The molecule has 0 bridgehead atoms. The zero-order valence-electron chi connectivity index (χ0n) is 16.5. The van der Waals surface area contributed by atoms with Crippen LogP contribution in [0.4, 0.5) is 4.79 Å². The number of rotatable bonds is 5. The van der Waals surface area contributed by atoms with Gasteiger partial charge in [-0.1, -0.05) is 20.8 Å². The van der Waals surface area contributed by atoms with Gasteiger partial charge in [0.2, 0.25) is 5.89 Å². The second-order valence-electron chi connectivity index (χ2n) is 8.74. The zero-order valence-corrected chi connectivity index (χ0v) is 17.9. The van der Waals surface area contributed by atoms with E-state index in [9.17, 15) is 4.79 Å². The lowest BCUT2D eigenvalue weighted by atomic mass is 10.1. The minimum Gasteiger partial charge on any atom is -0.444 e. The highest BCUT2D eigenvalue weighted by Crippen LogP contribution is 2.31. The molecule has 6 nitrogen and oxygen atoms in total. The molecule has 0 aliphatic carbocycles. The summed E-state index contributed by atoms with van der Waals surface area (Å²) in [5.74, 6) is 1.16. The van der Waals surface area contributed by atoms with Gasteiger partial charge < -0.3 is 18.9 Å². The first-order chi connectivity index (χ1) is 10.7. The maximum Gasteiger partial charge on any atom is 0.408 e. The Morgan fingerprint density at radius 3 is 2.25 bits per heavy atom. The predicted molar refractivity (Wildman–Crippen MR) is 96.7 cm³/mol. The third-order valence-corrected chi connectivity index (χ3v) is 4.77. The van der Waals surface area contributed by atoms with Gasteiger partial charge in [-0.3, -0.25) is 0 Å². The number of aryl methyl sites for hydroxylation is 1. The Kier molecular flexibility index (Phi) is 6.27. The van der Waals surface area contributed by atoms with Gasteiger partial charge in [0.15, 0.2) is 15.5 Å². The average molecular weight is 357 g/mol. The summed E-state index contributed by atoms with van der Waals surface area (Å²) in [6.07, 6.45) is -0.490. The molecule has 0 aliphatic rings. The summed E-state index contributed by atoms with van der Waals surface area (Å²) in [6, 6.07) is 0. The van der Waals surface area contributed by atoms with Gasteiger partial charge in [-0.25, -0.2) is 9.78 Å². The van der Waals surface area contributed by atoms with Gasteiger partial charge in [0.25, 0.3) is 0 Å². The molecule has 0 saturated heterocycles. The van der Waals surface area contributed by atoms with Crippen LogP contribution in [-0.2, 0) is 21.3 Å². The van der Waals surface area contributed by atoms with Crippen LogP contribution in [-0.4, -0.2) is 26.4 Å². The molecule has 1 N–H and O–H groups in total. The van der Waals surface area contributed by atoms with E-state index in [0.29, 0.717) is 11.7 Å². The number of nitrogens with one attached hydrogen (secondary N) is 1. The summed E-state index contributed by atoms with van der Waals surface area (Å²) in [5.41, 5.74) is -0.278. The molecular formula is C17H32N2O4Si. The highest BCUT2D eigenvalue weighted by Gasteiger charge is 2.30. The van der Waals surface area contributed by atoms with Crippen LogP contribution in [0.25, 0.3) is 0 Å². The molecule has 0 unspecified atom stereocenters. The maximum absolute atomic E-state index is 11.7. The molecular weight excluding hydrogens is 324 g/mol. The van der Waals surface area contributed by atoms with Gasteiger partial charge in [-0.15, -0.1) is 0 Å². The number of hydrogen-bond acceptors (Lipinski definition) is 5. The Hall–Kier alpha value is -1.34. The van der Waals surface area contributed by atoms with Crippen molar-refractivity contribution in [3.63, 3.8) is 0 Å². The number of amides is 1. The highest BCUT2D eigenvalue weighted by molar-refractivity contribution is 6.31. The van der Waals surface area contributed by atoms with E-state index < -0.39 is 27.1 Å². The molecule has 0 saturated carbocycles. The second-order valence-corrected chi connectivity index (χ2v) is 11.4. The van der Waals surface area contributed by atoms with Crippen molar-refractivity contribution >= 4 is 15.9 Å². The molecule has 7 heteroatoms. The van der Waals surface area contributed by atoms with Crippen LogP contribution in [0.3, 0.4) is 0 Å². The van der Waals surface area contributed by atoms with E-state index >= 15 is 0 Å². The standard InChI is InChI=1S/C17H32N2O4Si/c1-11-13(17(8,9)23-24-16(5,6)7)21-12(19-11)10-18-14(20)22-15(2,3)4/h10,24H2,1-9H3,(H,18,20). The Balaban J connectivity index is 2.72. The van der Waals surface area contributed by atoms with Gasteiger partial charge in [-0.05, 0) is 46.6 Å². The van der Waals surface area contributed by atoms with E-state index in [-0.39, 0.29) is 11.6 Å². The molecule has 0 fully saturated rings.